The van der Waals surface area contributed by atoms with Crippen molar-refractivity contribution in [1.29, 1.82) is 0 Å². The highest BCUT2D eigenvalue weighted by Crippen LogP contribution is 2.23. The summed E-state index contributed by atoms with van der Waals surface area (Å²) in [5.74, 6) is -0.870. The molecule has 0 aliphatic rings. The zero-order valence-electron chi connectivity index (χ0n) is 9.27. The number of hydrogen-bond donors (Lipinski definition) is 2. The van der Waals surface area contributed by atoms with Gasteiger partial charge in [-0.1, -0.05) is 25.1 Å². The molecule has 1 aromatic rings. The Bertz CT molecular complexity index is 412. The summed E-state index contributed by atoms with van der Waals surface area (Å²) in [5, 5.41) is 15.0. The molecule has 6 nitrogen and oxygen atoms in total. The lowest BCUT2D eigenvalue weighted by atomic mass is 10.2. The van der Waals surface area contributed by atoms with Crippen molar-refractivity contribution in [2.75, 3.05) is 0 Å². The van der Waals surface area contributed by atoms with Crippen molar-refractivity contribution in [3.8, 4) is 0 Å². The monoisotopic (exact) mass is 245 g/mol. The van der Waals surface area contributed by atoms with Crippen molar-refractivity contribution < 1.29 is 9.90 Å². The number of carbonyl (C=O) groups is 1. The zero-order valence-corrected chi connectivity index (χ0v) is 10.1. The second-order valence-electron chi connectivity index (χ2n) is 3.29. The van der Waals surface area contributed by atoms with Crippen LogP contribution in [-0.2, 0) is 11.3 Å². The fraction of sp³-hybridized carbons (Fsp3) is 0.667. The third kappa shape index (κ3) is 2.88. The largest absolute Gasteiger partial charge is 0.480 e. The van der Waals surface area contributed by atoms with E-state index >= 15 is 0 Å². The molecule has 0 bridgehead atoms. The number of aromatic amines is 1. The highest BCUT2D eigenvalue weighted by atomic mass is 32.2. The van der Waals surface area contributed by atoms with Crippen LogP contribution in [-0.4, -0.2) is 31.1 Å². The van der Waals surface area contributed by atoms with Crippen LogP contribution in [0, 0.1) is 0 Å². The van der Waals surface area contributed by atoms with E-state index < -0.39 is 11.2 Å². The topological polar surface area (TPSA) is 88.0 Å². The molecule has 1 rings (SSSR count). The number of aliphatic carboxylic acids is 1. The predicted octanol–water partition coefficient (Wildman–Crippen LogP) is 0.937. The first-order valence-electron chi connectivity index (χ1n) is 5.14. The maximum absolute atomic E-state index is 11.3. The maximum atomic E-state index is 11.3. The second-order valence-corrected chi connectivity index (χ2v) is 4.46. The molecule has 0 spiro atoms. The van der Waals surface area contributed by atoms with E-state index in [9.17, 15) is 9.59 Å². The van der Waals surface area contributed by atoms with Gasteiger partial charge in [0.1, 0.15) is 5.25 Å². The number of H-pyrrole nitrogens is 1. The molecule has 16 heavy (non-hydrogen) atoms. The highest BCUT2D eigenvalue weighted by molar-refractivity contribution is 8.00. The van der Waals surface area contributed by atoms with Crippen LogP contribution >= 0.6 is 11.8 Å². The standard InChI is InChI=1S/C9H15N3O3S/c1-3-5-6(7(13)14)16-9-11-10-8(15)12(9)4-2/h6H,3-5H2,1-2H3,(H,10,15)(H,13,14). The molecule has 7 heteroatoms. The van der Waals surface area contributed by atoms with Gasteiger partial charge in [-0.25, -0.2) is 9.89 Å². The Labute approximate surface area is 97.1 Å². The summed E-state index contributed by atoms with van der Waals surface area (Å²) in [7, 11) is 0. The Hall–Kier alpha value is -1.24. The summed E-state index contributed by atoms with van der Waals surface area (Å²) < 4.78 is 1.43. The van der Waals surface area contributed by atoms with Gasteiger partial charge in [0.15, 0.2) is 5.16 Å². The number of carboxylic acids is 1. The van der Waals surface area contributed by atoms with Crippen molar-refractivity contribution in [1.82, 2.24) is 14.8 Å². The Morgan fingerprint density at radius 3 is 2.81 bits per heavy atom. The summed E-state index contributed by atoms with van der Waals surface area (Å²) in [6.07, 6.45) is 1.34. The molecule has 0 saturated carbocycles. The number of carboxylic acid groups (broad SMARTS) is 1. The molecule has 1 atom stereocenters. The van der Waals surface area contributed by atoms with Crippen molar-refractivity contribution in [2.24, 2.45) is 0 Å². The van der Waals surface area contributed by atoms with E-state index in [1.807, 2.05) is 13.8 Å². The smallest absolute Gasteiger partial charge is 0.343 e. The van der Waals surface area contributed by atoms with Crippen molar-refractivity contribution in [2.45, 2.75) is 43.6 Å². The first-order chi connectivity index (χ1) is 7.60. The van der Waals surface area contributed by atoms with Crippen LogP contribution in [0.5, 0.6) is 0 Å². The van der Waals surface area contributed by atoms with Gasteiger partial charge in [-0.15, -0.1) is 5.10 Å². The molecule has 0 aromatic carbocycles. The van der Waals surface area contributed by atoms with E-state index in [2.05, 4.69) is 10.2 Å². The normalized spacial score (nSPS) is 12.6. The summed E-state index contributed by atoms with van der Waals surface area (Å²) in [6, 6.07) is 0. The van der Waals surface area contributed by atoms with Crippen LogP contribution in [0.1, 0.15) is 26.7 Å². The lowest BCUT2D eigenvalue weighted by Gasteiger charge is -2.09. The maximum Gasteiger partial charge on any atom is 0.343 e. The quantitative estimate of drug-likeness (QED) is 0.728. The third-order valence-electron chi connectivity index (χ3n) is 2.11. The van der Waals surface area contributed by atoms with Gasteiger partial charge >= 0.3 is 11.7 Å². The summed E-state index contributed by atoms with van der Waals surface area (Å²) in [4.78, 5) is 22.2. The van der Waals surface area contributed by atoms with Gasteiger partial charge in [-0.3, -0.25) is 9.36 Å². The van der Waals surface area contributed by atoms with E-state index in [-0.39, 0.29) is 5.69 Å². The molecule has 1 aromatic heterocycles. The molecule has 0 amide bonds. The number of nitrogens with one attached hydrogen (secondary N) is 1. The Morgan fingerprint density at radius 1 is 1.62 bits per heavy atom. The van der Waals surface area contributed by atoms with Gasteiger partial charge in [0.25, 0.3) is 0 Å². The molecule has 0 saturated heterocycles. The summed E-state index contributed by atoms with van der Waals surface area (Å²) in [5.41, 5.74) is -0.300. The van der Waals surface area contributed by atoms with Crippen LogP contribution in [0.4, 0.5) is 0 Å². The van der Waals surface area contributed by atoms with Gasteiger partial charge in [-0.05, 0) is 13.3 Å². The SMILES string of the molecule is CCCC(Sc1n[nH]c(=O)n1CC)C(=O)O. The molecular formula is C9H15N3O3S. The lowest BCUT2D eigenvalue weighted by molar-refractivity contribution is -0.136. The number of nitrogens with zero attached hydrogens (tertiary/aromatic N) is 2. The molecule has 0 fully saturated rings. The molecule has 1 heterocycles. The molecule has 90 valence electrons. The fourth-order valence-electron chi connectivity index (χ4n) is 1.29. The molecule has 0 aliphatic heterocycles. The molecule has 1 unspecified atom stereocenters. The van der Waals surface area contributed by atoms with Crippen LogP contribution < -0.4 is 5.69 Å². The van der Waals surface area contributed by atoms with Gasteiger partial charge < -0.3 is 5.11 Å². The van der Waals surface area contributed by atoms with Crippen molar-refractivity contribution in [3.63, 3.8) is 0 Å². The number of rotatable bonds is 6. The van der Waals surface area contributed by atoms with Crippen LogP contribution in [0.15, 0.2) is 9.95 Å². The number of thioether (sulfide) groups is 1. The van der Waals surface area contributed by atoms with Crippen LogP contribution in [0.2, 0.25) is 0 Å². The first-order valence-corrected chi connectivity index (χ1v) is 6.02. The second kappa shape index (κ2) is 5.74. The minimum absolute atomic E-state index is 0.300. The van der Waals surface area contributed by atoms with Crippen LogP contribution in [0.3, 0.4) is 0 Å². The van der Waals surface area contributed by atoms with Gasteiger partial charge in [-0.2, -0.15) is 0 Å². The predicted molar refractivity (Wildman–Crippen MR) is 60.7 cm³/mol. The van der Waals surface area contributed by atoms with Gasteiger partial charge in [0.05, 0.1) is 0 Å². The molecular weight excluding hydrogens is 230 g/mol. The average molecular weight is 245 g/mol. The third-order valence-corrected chi connectivity index (χ3v) is 3.36. The Morgan fingerprint density at radius 2 is 2.31 bits per heavy atom. The summed E-state index contributed by atoms with van der Waals surface area (Å²) >= 11 is 1.11. The van der Waals surface area contributed by atoms with E-state index in [1.54, 1.807) is 0 Å². The number of aromatic nitrogens is 3. The van der Waals surface area contributed by atoms with Crippen molar-refractivity contribution >= 4 is 17.7 Å². The van der Waals surface area contributed by atoms with E-state index in [1.165, 1.54) is 4.57 Å². The minimum Gasteiger partial charge on any atom is -0.480 e. The van der Waals surface area contributed by atoms with Crippen molar-refractivity contribution in [3.05, 3.63) is 10.5 Å². The molecule has 0 aliphatic carbocycles. The zero-order chi connectivity index (χ0) is 12.1. The summed E-state index contributed by atoms with van der Waals surface area (Å²) in [6.45, 7) is 4.22. The Balaban J connectivity index is 2.84. The lowest BCUT2D eigenvalue weighted by Crippen LogP contribution is -2.19. The molecule has 2 N–H and O–H groups in total. The first kappa shape index (κ1) is 12.8. The number of hydrogen-bond acceptors (Lipinski definition) is 4. The fourth-order valence-corrected chi connectivity index (χ4v) is 2.44. The van der Waals surface area contributed by atoms with Gasteiger partial charge in [0, 0.05) is 6.54 Å². The molecule has 0 radical (unpaired) electrons. The minimum atomic E-state index is -0.870. The Kier molecular flexibility index (Phi) is 4.60. The van der Waals surface area contributed by atoms with E-state index in [4.69, 9.17) is 5.11 Å². The average Bonchev–Trinajstić information content (AvgIpc) is 2.58. The van der Waals surface area contributed by atoms with Gasteiger partial charge in [0.2, 0.25) is 0 Å². The van der Waals surface area contributed by atoms with E-state index in [0.717, 1.165) is 18.2 Å². The highest BCUT2D eigenvalue weighted by Gasteiger charge is 2.21. The van der Waals surface area contributed by atoms with Crippen LogP contribution in [0.25, 0.3) is 0 Å². The van der Waals surface area contributed by atoms with E-state index in [0.29, 0.717) is 18.1 Å².